The van der Waals surface area contributed by atoms with Crippen molar-refractivity contribution in [2.75, 3.05) is 11.9 Å². The van der Waals surface area contributed by atoms with Gasteiger partial charge in [0.1, 0.15) is 5.54 Å². The summed E-state index contributed by atoms with van der Waals surface area (Å²) >= 11 is 3.47. The van der Waals surface area contributed by atoms with E-state index < -0.39 is 11.5 Å². The largest absolute Gasteiger partial charge is 0.369 e. The van der Waals surface area contributed by atoms with Gasteiger partial charge in [-0.05, 0) is 44.0 Å². The van der Waals surface area contributed by atoms with Crippen molar-refractivity contribution in [2.24, 2.45) is 11.7 Å². The first-order valence-corrected chi connectivity index (χ1v) is 8.02. The van der Waals surface area contributed by atoms with Crippen LogP contribution in [0.1, 0.15) is 24.8 Å². The Morgan fingerprint density at radius 3 is 3.05 bits per heavy atom. The molecule has 2 fully saturated rings. The highest BCUT2D eigenvalue weighted by Crippen LogP contribution is 2.55. The smallest absolute Gasteiger partial charge is 0.250 e. The molecule has 3 unspecified atom stereocenters. The number of carbonyl (C=O) groups is 2. The van der Waals surface area contributed by atoms with E-state index in [2.05, 4.69) is 26.1 Å². The summed E-state index contributed by atoms with van der Waals surface area (Å²) in [5, 5.41) is 2.95. The molecule has 3 N–H and O–H groups in total. The Morgan fingerprint density at radius 2 is 2.29 bits per heavy atom. The van der Waals surface area contributed by atoms with Crippen LogP contribution in [0.4, 0.5) is 5.69 Å². The summed E-state index contributed by atoms with van der Waals surface area (Å²) < 4.78 is 0.906. The molecular weight excluding hydrogens is 334 g/mol. The van der Waals surface area contributed by atoms with Crippen molar-refractivity contribution >= 4 is 33.4 Å². The summed E-state index contributed by atoms with van der Waals surface area (Å²) in [7, 11) is 0. The quantitative estimate of drug-likeness (QED) is 0.807. The highest BCUT2D eigenvalue weighted by molar-refractivity contribution is 9.10. The minimum atomic E-state index is -0.911. The maximum Gasteiger partial charge on any atom is 0.250 e. The minimum Gasteiger partial charge on any atom is -0.369 e. The first kappa shape index (κ1) is 13.3. The average Bonchev–Trinajstić information content (AvgIpc) is 3.06. The molecule has 5 nitrogen and oxygen atoms in total. The maximum atomic E-state index is 12.8. The number of primary amides is 1. The summed E-state index contributed by atoms with van der Waals surface area (Å²) in [5.41, 5.74) is 6.42. The number of nitrogens with zero attached hydrogens (tertiary/aromatic N) is 1. The monoisotopic (exact) mass is 349 g/mol. The summed E-state index contributed by atoms with van der Waals surface area (Å²) in [4.78, 5) is 27.1. The zero-order valence-corrected chi connectivity index (χ0v) is 13.0. The Morgan fingerprint density at radius 1 is 1.48 bits per heavy atom. The Balaban J connectivity index is 1.97. The number of carbonyl (C=O) groups excluding carboxylic acids is 2. The third-order valence-electron chi connectivity index (χ3n) is 5.17. The molecule has 1 spiro atoms. The van der Waals surface area contributed by atoms with Crippen LogP contribution in [0.25, 0.3) is 0 Å². The molecule has 1 aromatic carbocycles. The lowest BCUT2D eigenvalue weighted by atomic mass is 9.78. The fraction of sp³-hybridized carbons (Fsp3) is 0.467. The third kappa shape index (κ3) is 1.54. The highest BCUT2D eigenvalue weighted by Gasteiger charge is 2.65. The highest BCUT2D eigenvalue weighted by atomic mass is 79.9. The molecule has 3 aliphatic rings. The van der Waals surface area contributed by atoms with Gasteiger partial charge in [-0.25, -0.2) is 0 Å². The molecule has 0 radical (unpaired) electrons. The van der Waals surface area contributed by atoms with Crippen molar-refractivity contribution in [3.05, 3.63) is 28.2 Å². The van der Waals surface area contributed by atoms with E-state index in [4.69, 9.17) is 5.73 Å². The van der Waals surface area contributed by atoms with Crippen LogP contribution in [-0.4, -0.2) is 29.3 Å². The Labute approximate surface area is 131 Å². The topological polar surface area (TPSA) is 75.4 Å². The lowest BCUT2D eigenvalue weighted by molar-refractivity contribution is -0.135. The lowest BCUT2D eigenvalue weighted by Crippen LogP contribution is -2.53. The van der Waals surface area contributed by atoms with Gasteiger partial charge in [-0.3, -0.25) is 14.5 Å². The van der Waals surface area contributed by atoms with Gasteiger partial charge in [0.2, 0.25) is 11.8 Å². The average molecular weight is 350 g/mol. The van der Waals surface area contributed by atoms with E-state index in [0.29, 0.717) is 6.42 Å². The molecule has 1 aromatic rings. The molecule has 0 saturated carbocycles. The van der Waals surface area contributed by atoms with Crippen LogP contribution < -0.4 is 11.1 Å². The molecule has 4 rings (SSSR count). The van der Waals surface area contributed by atoms with E-state index in [9.17, 15) is 9.59 Å². The molecule has 0 aliphatic carbocycles. The number of amides is 2. The number of rotatable bonds is 1. The summed E-state index contributed by atoms with van der Waals surface area (Å²) in [6.45, 7) is 0.841. The Bertz CT molecular complexity index is 662. The van der Waals surface area contributed by atoms with E-state index in [1.54, 1.807) is 0 Å². The van der Waals surface area contributed by atoms with E-state index in [0.717, 1.165) is 35.1 Å². The van der Waals surface area contributed by atoms with Crippen molar-refractivity contribution in [3.8, 4) is 0 Å². The van der Waals surface area contributed by atoms with Crippen LogP contribution >= 0.6 is 15.9 Å². The van der Waals surface area contributed by atoms with E-state index in [1.807, 2.05) is 18.2 Å². The van der Waals surface area contributed by atoms with E-state index in [-0.39, 0.29) is 17.9 Å². The number of nitrogens with one attached hydrogen (secondary N) is 1. The van der Waals surface area contributed by atoms with Crippen molar-refractivity contribution in [3.63, 3.8) is 0 Å². The molecule has 21 heavy (non-hydrogen) atoms. The van der Waals surface area contributed by atoms with Crippen molar-refractivity contribution in [1.82, 2.24) is 4.90 Å². The number of fused-ring (bicyclic) bond motifs is 4. The number of benzene rings is 1. The molecular formula is C15H16BrN3O2. The van der Waals surface area contributed by atoms with Gasteiger partial charge in [-0.1, -0.05) is 15.9 Å². The zero-order valence-electron chi connectivity index (χ0n) is 11.4. The molecule has 0 aromatic heterocycles. The SMILES string of the molecule is NC(=O)C1CC2CCCN2C12C(=O)Nc1ccc(Br)cc12. The van der Waals surface area contributed by atoms with Crippen LogP contribution in [0.2, 0.25) is 0 Å². The summed E-state index contributed by atoms with van der Waals surface area (Å²) in [5.74, 6) is -0.950. The van der Waals surface area contributed by atoms with Gasteiger partial charge in [0.15, 0.2) is 0 Å². The predicted octanol–water partition coefficient (Wildman–Crippen LogP) is 1.57. The molecule has 110 valence electrons. The number of halogens is 1. The standard InChI is InChI=1S/C15H16BrN3O2/c16-8-3-4-12-10(6-8)15(14(21)18-12)11(13(17)20)7-9-2-1-5-19(9)15/h3-4,6,9,11H,1-2,5,7H2,(H2,17,20)(H,18,21). The normalized spacial score (nSPS) is 34.0. The van der Waals surface area contributed by atoms with Gasteiger partial charge < -0.3 is 11.1 Å². The fourth-order valence-electron chi connectivity index (χ4n) is 4.42. The van der Waals surface area contributed by atoms with Crippen LogP contribution in [-0.2, 0) is 15.1 Å². The van der Waals surface area contributed by atoms with E-state index in [1.165, 1.54) is 0 Å². The summed E-state index contributed by atoms with van der Waals surface area (Å²) in [6.07, 6.45) is 2.77. The molecule has 3 aliphatic heterocycles. The number of nitrogens with two attached hydrogens (primary N) is 1. The van der Waals surface area contributed by atoms with Crippen LogP contribution in [0, 0.1) is 5.92 Å². The van der Waals surface area contributed by atoms with Gasteiger partial charge in [-0.15, -0.1) is 0 Å². The van der Waals surface area contributed by atoms with Gasteiger partial charge >= 0.3 is 0 Å². The van der Waals surface area contributed by atoms with Crippen LogP contribution in [0.15, 0.2) is 22.7 Å². The molecule has 3 heterocycles. The Hall–Kier alpha value is -1.40. The van der Waals surface area contributed by atoms with Crippen LogP contribution in [0.5, 0.6) is 0 Å². The van der Waals surface area contributed by atoms with Gasteiger partial charge in [0.25, 0.3) is 0 Å². The fourth-order valence-corrected chi connectivity index (χ4v) is 4.78. The van der Waals surface area contributed by atoms with Gasteiger partial charge in [-0.2, -0.15) is 0 Å². The predicted molar refractivity (Wildman–Crippen MR) is 81.5 cm³/mol. The second-order valence-electron chi connectivity index (χ2n) is 6.09. The van der Waals surface area contributed by atoms with Crippen molar-refractivity contribution in [1.29, 1.82) is 0 Å². The van der Waals surface area contributed by atoms with Gasteiger partial charge in [0, 0.05) is 21.8 Å². The van der Waals surface area contributed by atoms with Crippen LogP contribution in [0.3, 0.4) is 0 Å². The first-order chi connectivity index (χ1) is 10.0. The van der Waals surface area contributed by atoms with Gasteiger partial charge in [0.05, 0.1) is 5.92 Å². The number of hydrogen-bond donors (Lipinski definition) is 2. The maximum absolute atomic E-state index is 12.8. The summed E-state index contributed by atoms with van der Waals surface area (Å²) in [6, 6.07) is 6.00. The van der Waals surface area contributed by atoms with Crippen molar-refractivity contribution < 1.29 is 9.59 Å². The number of anilines is 1. The zero-order chi connectivity index (χ0) is 14.8. The molecule has 0 bridgehead atoms. The molecule has 6 heteroatoms. The van der Waals surface area contributed by atoms with Crippen molar-refractivity contribution in [2.45, 2.75) is 30.8 Å². The third-order valence-corrected chi connectivity index (χ3v) is 5.67. The Kier molecular flexibility index (Phi) is 2.72. The number of hydrogen-bond acceptors (Lipinski definition) is 3. The minimum absolute atomic E-state index is 0.108. The second-order valence-corrected chi connectivity index (χ2v) is 7.01. The second kappa shape index (κ2) is 4.30. The molecule has 3 atom stereocenters. The van der Waals surface area contributed by atoms with E-state index >= 15 is 0 Å². The lowest BCUT2D eigenvalue weighted by Gasteiger charge is -2.36. The molecule has 2 saturated heterocycles. The molecule has 2 amide bonds. The first-order valence-electron chi connectivity index (χ1n) is 7.22.